The van der Waals surface area contributed by atoms with Crippen LogP contribution in [0, 0.1) is 10.1 Å². The highest BCUT2D eigenvalue weighted by molar-refractivity contribution is 6.06. The molecule has 2 amide bonds. The quantitative estimate of drug-likeness (QED) is 0.341. The van der Waals surface area contributed by atoms with Crippen LogP contribution in [0.3, 0.4) is 0 Å². The topological polar surface area (TPSA) is 147 Å². The number of carbonyl (C=O) groups excluding carboxylic acids is 3. The Hall–Kier alpha value is -4.28. The average Bonchev–Trinajstić information content (AvgIpc) is 3.04. The fourth-order valence-corrected chi connectivity index (χ4v) is 4.18. The number of nitrogens with zero attached hydrogens (tertiary/aromatic N) is 3. The number of benzene rings is 2. The van der Waals surface area contributed by atoms with E-state index in [1.165, 1.54) is 44.2 Å². The van der Waals surface area contributed by atoms with Crippen molar-refractivity contribution < 1.29 is 33.9 Å². The van der Waals surface area contributed by atoms with Gasteiger partial charge in [0.2, 0.25) is 5.54 Å². The maximum absolute atomic E-state index is 12.9. The molecular weight excluding hydrogens is 458 g/mol. The number of amides is 2. The number of hydrogen-bond donors (Lipinski definition) is 1. The van der Waals surface area contributed by atoms with Gasteiger partial charge in [-0.2, -0.15) is 0 Å². The minimum atomic E-state index is -1.89. The van der Waals surface area contributed by atoms with Crippen molar-refractivity contribution in [2.45, 2.75) is 25.3 Å². The average molecular weight is 483 g/mol. The van der Waals surface area contributed by atoms with Gasteiger partial charge in [0.05, 0.1) is 11.3 Å². The van der Waals surface area contributed by atoms with Gasteiger partial charge in [0, 0.05) is 38.3 Å². The lowest BCUT2D eigenvalue weighted by atomic mass is 9.88. The number of nitro groups is 1. The van der Waals surface area contributed by atoms with Crippen LogP contribution in [-0.4, -0.2) is 71.3 Å². The van der Waals surface area contributed by atoms with Crippen LogP contribution in [-0.2, 0) is 32.7 Å². The molecule has 0 aromatic heterocycles. The van der Waals surface area contributed by atoms with Crippen LogP contribution >= 0.6 is 0 Å². The van der Waals surface area contributed by atoms with Crippen molar-refractivity contribution in [1.29, 1.82) is 0 Å². The molecule has 35 heavy (non-hydrogen) atoms. The first-order chi connectivity index (χ1) is 16.4. The molecule has 0 saturated heterocycles. The Labute approximate surface area is 201 Å². The third-order valence-corrected chi connectivity index (χ3v) is 6.11. The van der Waals surface area contributed by atoms with Gasteiger partial charge in [-0.25, -0.2) is 4.79 Å². The lowest BCUT2D eigenvalue weighted by molar-refractivity contribution is -0.385. The van der Waals surface area contributed by atoms with E-state index in [9.17, 15) is 34.4 Å². The van der Waals surface area contributed by atoms with Crippen molar-refractivity contribution >= 4 is 29.4 Å². The molecule has 1 aliphatic rings. The van der Waals surface area contributed by atoms with E-state index in [0.717, 1.165) is 11.0 Å². The number of aryl methyl sites for hydroxylation is 1. The SMILES string of the molecule is CCc1cccc2c1C(=O)N(C)[C@]2(COC(=O)Cc1ccc([N+](=O)[O-])c(C(=O)N(C)C)c1)C(=O)O. The molecule has 11 nitrogen and oxygen atoms in total. The molecule has 0 radical (unpaired) electrons. The van der Waals surface area contributed by atoms with Gasteiger partial charge in [0.15, 0.2) is 0 Å². The number of likely N-dealkylation sites (N-methyl/N-ethyl adjacent to an activating group) is 1. The number of hydrogen-bond acceptors (Lipinski definition) is 7. The molecule has 0 fully saturated rings. The van der Waals surface area contributed by atoms with Crippen LogP contribution in [0.4, 0.5) is 5.69 Å². The van der Waals surface area contributed by atoms with Gasteiger partial charge < -0.3 is 19.6 Å². The maximum Gasteiger partial charge on any atom is 0.338 e. The summed E-state index contributed by atoms with van der Waals surface area (Å²) in [5.74, 6) is -3.24. The van der Waals surface area contributed by atoms with Crippen LogP contribution in [0.1, 0.15) is 44.3 Å². The Morgan fingerprint density at radius 1 is 1.20 bits per heavy atom. The molecule has 2 aromatic carbocycles. The highest BCUT2D eigenvalue weighted by Crippen LogP contribution is 2.40. The van der Waals surface area contributed by atoms with Gasteiger partial charge in [-0.3, -0.25) is 24.5 Å². The number of aliphatic carboxylic acids is 1. The smallest absolute Gasteiger partial charge is 0.338 e. The summed E-state index contributed by atoms with van der Waals surface area (Å²) >= 11 is 0. The van der Waals surface area contributed by atoms with Gasteiger partial charge in [-0.15, -0.1) is 0 Å². The van der Waals surface area contributed by atoms with Gasteiger partial charge in [0.25, 0.3) is 17.5 Å². The van der Waals surface area contributed by atoms with E-state index in [1.807, 2.05) is 6.92 Å². The number of esters is 1. The van der Waals surface area contributed by atoms with E-state index >= 15 is 0 Å². The Bertz CT molecular complexity index is 1240. The number of fused-ring (bicyclic) bond motifs is 1. The molecule has 0 bridgehead atoms. The van der Waals surface area contributed by atoms with Gasteiger partial charge in [-0.1, -0.05) is 31.2 Å². The summed E-state index contributed by atoms with van der Waals surface area (Å²) in [6, 6.07) is 8.63. The molecule has 11 heteroatoms. The zero-order chi connectivity index (χ0) is 26.1. The lowest BCUT2D eigenvalue weighted by Crippen LogP contribution is -2.51. The molecule has 0 aliphatic carbocycles. The summed E-state index contributed by atoms with van der Waals surface area (Å²) in [5.41, 5.74) is -0.974. The number of carboxylic acid groups (broad SMARTS) is 1. The zero-order valence-corrected chi connectivity index (χ0v) is 19.7. The number of nitro benzene ring substituents is 1. The molecule has 1 heterocycles. The van der Waals surface area contributed by atoms with E-state index in [4.69, 9.17) is 4.74 Å². The van der Waals surface area contributed by atoms with Crippen LogP contribution in [0.15, 0.2) is 36.4 Å². The Morgan fingerprint density at radius 3 is 2.46 bits per heavy atom. The van der Waals surface area contributed by atoms with Crippen molar-refractivity contribution in [2.24, 2.45) is 0 Å². The molecule has 1 atom stereocenters. The first kappa shape index (κ1) is 25.3. The molecule has 3 rings (SSSR count). The fourth-order valence-electron chi connectivity index (χ4n) is 4.18. The van der Waals surface area contributed by atoms with Gasteiger partial charge >= 0.3 is 11.9 Å². The third-order valence-electron chi connectivity index (χ3n) is 6.11. The first-order valence-electron chi connectivity index (χ1n) is 10.7. The fraction of sp³-hybridized carbons (Fsp3) is 0.333. The third kappa shape index (κ3) is 4.32. The van der Waals surface area contributed by atoms with Gasteiger partial charge in [-0.05, 0) is 23.6 Å². The van der Waals surface area contributed by atoms with Gasteiger partial charge in [0.1, 0.15) is 12.2 Å². The second kappa shape index (κ2) is 9.53. The molecular formula is C24H25N3O8. The number of ether oxygens (including phenoxy) is 1. The predicted octanol–water partition coefficient (Wildman–Crippen LogP) is 2.01. The first-order valence-corrected chi connectivity index (χ1v) is 10.7. The van der Waals surface area contributed by atoms with Crippen LogP contribution in [0.2, 0.25) is 0 Å². The second-order valence-corrected chi connectivity index (χ2v) is 8.37. The molecule has 0 saturated carbocycles. The molecule has 184 valence electrons. The summed E-state index contributed by atoms with van der Waals surface area (Å²) in [6.07, 6.45) is 0.160. The molecule has 1 aliphatic heterocycles. The maximum atomic E-state index is 12.9. The Morgan fingerprint density at radius 2 is 1.89 bits per heavy atom. The van der Waals surface area contributed by atoms with Crippen LogP contribution in [0.25, 0.3) is 0 Å². The Balaban J connectivity index is 1.88. The summed E-state index contributed by atoms with van der Waals surface area (Å²) in [6.45, 7) is 1.23. The summed E-state index contributed by atoms with van der Waals surface area (Å²) < 4.78 is 5.33. The number of carboxylic acids is 1. The van der Waals surface area contributed by atoms with Crippen molar-refractivity contribution in [3.63, 3.8) is 0 Å². The number of carbonyl (C=O) groups is 4. The zero-order valence-electron chi connectivity index (χ0n) is 19.7. The lowest BCUT2D eigenvalue weighted by Gasteiger charge is -2.32. The normalized spacial score (nSPS) is 16.6. The monoisotopic (exact) mass is 483 g/mol. The van der Waals surface area contributed by atoms with E-state index in [2.05, 4.69) is 0 Å². The molecule has 0 spiro atoms. The van der Waals surface area contributed by atoms with E-state index in [0.29, 0.717) is 12.0 Å². The van der Waals surface area contributed by atoms with E-state index < -0.39 is 46.5 Å². The van der Waals surface area contributed by atoms with Crippen molar-refractivity contribution in [3.8, 4) is 0 Å². The molecule has 2 aromatic rings. The largest absolute Gasteiger partial charge is 0.479 e. The van der Waals surface area contributed by atoms with Crippen LogP contribution in [0.5, 0.6) is 0 Å². The van der Waals surface area contributed by atoms with E-state index in [1.54, 1.807) is 12.1 Å². The predicted molar refractivity (Wildman–Crippen MR) is 123 cm³/mol. The summed E-state index contributed by atoms with van der Waals surface area (Å²) in [5, 5.41) is 21.4. The standard InChI is InChI=1S/C24H25N3O8/c1-5-15-7-6-8-17-20(15)22(30)26(4)24(17,23(31)32)13-35-19(28)12-14-9-10-18(27(33)34)16(11-14)21(29)25(2)3/h6-11H,5,12-13H2,1-4H3,(H,31,32)/t24-/m0/s1. The second-order valence-electron chi connectivity index (χ2n) is 8.37. The summed E-state index contributed by atoms with van der Waals surface area (Å²) in [4.78, 5) is 63.2. The van der Waals surface area contributed by atoms with Crippen LogP contribution < -0.4 is 0 Å². The van der Waals surface area contributed by atoms with Crippen molar-refractivity contribution in [3.05, 3.63) is 74.3 Å². The van der Waals surface area contributed by atoms with Crippen molar-refractivity contribution in [2.75, 3.05) is 27.7 Å². The summed E-state index contributed by atoms with van der Waals surface area (Å²) in [7, 11) is 4.23. The Kier molecular flexibility index (Phi) is 6.90. The molecule has 0 unspecified atom stereocenters. The minimum absolute atomic E-state index is 0.186. The minimum Gasteiger partial charge on any atom is -0.479 e. The highest BCUT2D eigenvalue weighted by atomic mass is 16.6. The van der Waals surface area contributed by atoms with E-state index in [-0.39, 0.29) is 28.7 Å². The number of rotatable bonds is 8. The van der Waals surface area contributed by atoms with Crippen molar-refractivity contribution in [1.82, 2.24) is 9.80 Å². The highest BCUT2D eigenvalue weighted by Gasteiger charge is 2.55. The molecule has 1 N–H and O–H groups in total.